The van der Waals surface area contributed by atoms with E-state index < -0.39 is 6.10 Å². The van der Waals surface area contributed by atoms with Crippen molar-refractivity contribution in [2.75, 3.05) is 6.54 Å². The van der Waals surface area contributed by atoms with Gasteiger partial charge in [0.05, 0.1) is 11.8 Å². The standard InChI is InChI=1S/C8H11BrN2O/c9-6-1-2-7(11-5-6)8(12)3-4-10/h1-2,5,8,12H,3-4,10H2. The maximum atomic E-state index is 9.45. The van der Waals surface area contributed by atoms with Crippen molar-refractivity contribution < 1.29 is 5.11 Å². The first-order valence-corrected chi connectivity index (χ1v) is 4.53. The number of aliphatic hydroxyl groups excluding tert-OH is 1. The fourth-order valence-electron chi connectivity index (χ4n) is 0.890. The Morgan fingerprint density at radius 3 is 2.83 bits per heavy atom. The first kappa shape index (κ1) is 9.64. The molecule has 0 aliphatic carbocycles. The molecule has 12 heavy (non-hydrogen) atoms. The number of aromatic nitrogens is 1. The van der Waals surface area contributed by atoms with Gasteiger partial charge in [-0.2, -0.15) is 0 Å². The summed E-state index contributed by atoms with van der Waals surface area (Å²) in [6.07, 6.45) is 1.67. The Hall–Kier alpha value is -0.450. The van der Waals surface area contributed by atoms with Crippen molar-refractivity contribution in [2.24, 2.45) is 5.73 Å². The zero-order valence-electron chi connectivity index (χ0n) is 6.57. The normalized spacial score (nSPS) is 12.9. The van der Waals surface area contributed by atoms with Crippen LogP contribution in [0.15, 0.2) is 22.8 Å². The molecule has 3 nitrogen and oxygen atoms in total. The molecule has 4 heteroatoms. The van der Waals surface area contributed by atoms with E-state index >= 15 is 0 Å². The Labute approximate surface area is 79.7 Å². The number of nitrogens with two attached hydrogens (primary N) is 1. The topological polar surface area (TPSA) is 59.1 Å². The predicted octanol–water partition coefficient (Wildman–Crippen LogP) is 1.23. The zero-order chi connectivity index (χ0) is 8.97. The predicted molar refractivity (Wildman–Crippen MR) is 50.6 cm³/mol. The molecule has 0 spiro atoms. The lowest BCUT2D eigenvalue weighted by atomic mass is 10.2. The Morgan fingerprint density at radius 1 is 1.58 bits per heavy atom. The first-order valence-electron chi connectivity index (χ1n) is 3.73. The molecule has 0 aromatic carbocycles. The minimum absolute atomic E-state index is 0.471. The monoisotopic (exact) mass is 230 g/mol. The van der Waals surface area contributed by atoms with E-state index in [0.717, 1.165) is 4.47 Å². The Bertz CT molecular complexity index is 237. The van der Waals surface area contributed by atoms with Crippen LogP contribution in [0.5, 0.6) is 0 Å². The molecular formula is C8H11BrN2O. The van der Waals surface area contributed by atoms with Gasteiger partial charge < -0.3 is 10.8 Å². The number of hydrogen-bond acceptors (Lipinski definition) is 3. The summed E-state index contributed by atoms with van der Waals surface area (Å²) in [4.78, 5) is 4.04. The second-order valence-electron chi connectivity index (χ2n) is 2.49. The van der Waals surface area contributed by atoms with Gasteiger partial charge in [-0.15, -0.1) is 0 Å². The van der Waals surface area contributed by atoms with Gasteiger partial charge in [0.15, 0.2) is 0 Å². The SMILES string of the molecule is NCCC(O)c1ccc(Br)cn1. The van der Waals surface area contributed by atoms with Crippen LogP contribution in [-0.2, 0) is 0 Å². The third kappa shape index (κ3) is 2.55. The van der Waals surface area contributed by atoms with Crippen molar-refractivity contribution in [1.82, 2.24) is 4.98 Å². The highest BCUT2D eigenvalue weighted by Crippen LogP contribution is 2.15. The quantitative estimate of drug-likeness (QED) is 0.822. The Balaban J connectivity index is 2.68. The van der Waals surface area contributed by atoms with E-state index in [2.05, 4.69) is 20.9 Å². The smallest absolute Gasteiger partial charge is 0.0971 e. The number of rotatable bonds is 3. The molecule has 0 amide bonds. The van der Waals surface area contributed by atoms with Crippen molar-refractivity contribution in [1.29, 1.82) is 0 Å². The van der Waals surface area contributed by atoms with Gasteiger partial charge in [0.2, 0.25) is 0 Å². The van der Waals surface area contributed by atoms with Crippen LogP contribution in [0.3, 0.4) is 0 Å². The fraction of sp³-hybridized carbons (Fsp3) is 0.375. The number of pyridine rings is 1. The molecule has 0 bridgehead atoms. The number of nitrogens with zero attached hydrogens (tertiary/aromatic N) is 1. The highest BCUT2D eigenvalue weighted by molar-refractivity contribution is 9.10. The van der Waals surface area contributed by atoms with Gasteiger partial charge in [-0.3, -0.25) is 4.98 Å². The van der Waals surface area contributed by atoms with Crippen LogP contribution in [0.1, 0.15) is 18.2 Å². The molecule has 1 aromatic rings. The average Bonchev–Trinajstić information content (AvgIpc) is 2.06. The van der Waals surface area contributed by atoms with Crippen LogP contribution < -0.4 is 5.73 Å². The van der Waals surface area contributed by atoms with Crippen LogP contribution in [-0.4, -0.2) is 16.6 Å². The molecule has 1 atom stereocenters. The lowest BCUT2D eigenvalue weighted by Gasteiger charge is -2.07. The van der Waals surface area contributed by atoms with Gasteiger partial charge in [-0.05, 0) is 41.0 Å². The zero-order valence-corrected chi connectivity index (χ0v) is 8.16. The van der Waals surface area contributed by atoms with Crippen LogP contribution >= 0.6 is 15.9 Å². The lowest BCUT2D eigenvalue weighted by Crippen LogP contribution is -2.07. The van der Waals surface area contributed by atoms with E-state index in [0.29, 0.717) is 18.7 Å². The molecule has 1 unspecified atom stereocenters. The van der Waals surface area contributed by atoms with Crippen molar-refractivity contribution in [3.63, 3.8) is 0 Å². The van der Waals surface area contributed by atoms with Crippen molar-refractivity contribution >= 4 is 15.9 Å². The van der Waals surface area contributed by atoms with Gasteiger partial charge >= 0.3 is 0 Å². The second-order valence-corrected chi connectivity index (χ2v) is 3.41. The Morgan fingerprint density at radius 2 is 2.33 bits per heavy atom. The molecule has 0 aliphatic heterocycles. The molecule has 66 valence electrons. The Kier molecular flexibility index (Phi) is 3.65. The maximum Gasteiger partial charge on any atom is 0.0971 e. The third-order valence-electron chi connectivity index (χ3n) is 1.53. The van der Waals surface area contributed by atoms with Crippen molar-refractivity contribution in [3.05, 3.63) is 28.5 Å². The van der Waals surface area contributed by atoms with Gasteiger partial charge in [0.1, 0.15) is 0 Å². The minimum atomic E-state index is -0.539. The highest BCUT2D eigenvalue weighted by Gasteiger charge is 2.06. The number of hydrogen-bond donors (Lipinski definition) is 2. The molecule has 0 radical (unpaired) electrons. The maximum absolute atomic E-state index is 9.45. The van der Waals surface area contributed by atoms with Gasteiger partial charge in [-0.25, -0.2) is 0 Å². The van der Waals surface area contributed by atoms with E-state index in [1.165, 1.54) is 0 Å². The summed E-state index contributed by atoms with van der Waals surface area (Å²) in [5.74, 6) is 0. The van der Waals surface area contributed by atoms with Crippen LogP contribution in [0.4, 0.5) is 0 Å². The molecule has 0 saturated carbocycles. The van der Waals surface area contributed by atoms with Crippen LogP contribution in [0, 0.1) is 0 Å². The van der Waals surface area contributed by atoms with E-state index in [1.807, 2.05) is 6.07 Å². The first-order chi connectivity index (χ1) is 5.74. The van der Waals surface area contributed by atoms with Gasteiger partial charge in [-0.1, -0.05) is 0 Å². The summed E-state index contributed by atoms with van der Waals surface area (Å²) in [5.41, 5.74) is 5.97. The molecule has 0 aliphatic rings. The molecule has 1 heterocycles. The number of aliphatic hydroxyl groups is 1. The summed E-state index contributed by atoms with van der Waals surface area (Å²) < 4.78 is 0.909. The second kappa shape index (κ2) is 4.54. The number of halogens is 1. The lowest BCUT2D eigenvalue weighted by molar-refractivity contribution is 0.165. The average molecular weight is 231 g/mol. The van der Waals surface area contributed by atoms with E-state index in [1.54, 1.807) is 12.3 Å². The van der Waals surface area contributed by atoms with Gasteiger partial charge in [0, 0.05) is 10.7 Å². The summed E-state index contributed by atoms with van der Waals surface area (Å²) >= 11 is 3.26. The molecule has 1 aromatic heterocycles. The minimum Gasteiger partial charge on any atom is -0.387 e. The van der Waals surface area contributed by atoms with Gasteiger partial charge in [0.25, 0.3) is 0 Å². The van der Waals surface area contributed by atoms with Crippen molar-refractivity contribution in [3.8, 4) is 0 Å². The summed E-state index contributed by atoms with van der Waals surface area (Å²) in [6.45, 7) is 0.471. The fourth-order valence-corrected chi connectivity index (χ4v) is 1.12. The largest absolute Gasteiger partial charge is 0.387 e. The van der Waals surface area contributed by atoms with Crippen LogP contribution in [0.25, 0.3) is 0 Å². The molecule has 3 N–H and O–H groups in total. The van der Waals surface area contributed by atoms with E-state index in [9.17, 15) is 5.11 Å². The molecule has 0 fully saturated rings. The summed E-state index contributed by atoms with van der Waals surface area (Å²) in [5, 5.41) is 9.45. The molecule has 1 rings (SSSR count). The summed E-state index contributed by atoms with van der Waals surface area (Å²) in [6, 6.07) is 3.63. The molecule has 0 saturated heterocycles. The van der Waals surface area contributed by atoms with Crippen LogP contribution in [0.2, 0.25) is 0 Å². The van der Waals surface area contributed by atoms with E-state index in [4.69, 9.17) is 5.73 Å². The van der Waals surface area contributed by atoms with Crippen molar-refractivity contribution in [2.45, 2.75) is 12.5 Å². The van der Waals surface area contributed by atoms with E-state index in [-0.39, 0.29) is 0 Å². The molecular weight excluding hydrogens is 220 g/mol. The highest BCUT2D eigenvalue weighted by atomic mass is 79.9. The summed E-state index contributed by atoms with van der Waals surface area (Å²) in [7, 11) is 0. The third-order valence-corrected chi connectivity index (χ3v) is 2.00.